The highest BCUT2D eigenvalue weighted by molar-refractivity contribution is 5.73. The Labute approximate surface area is 105 Å². The minimum Gasteiger partial charge on any atom is -0.494 e. The fourth-order valence-electron chi connectivity index (χ4n) is 1.79. The summed E-state index contributed by atoms with van der Waals surface area (Å²) in [6.07, 6.45) is 1.44. The molecule has 0 aliphatic heterocycles. The summed E-state index contributed by atoms with van der Waals surface area (Å²) in [5, 5.41) is 7.85. The molecule has 0 atom stereocenters. The summed E-state index contributed by atoms with van der Waals surface area (Å²) in [7, 11) is 0. The molecule has 0 aliphatic carbocycles. The van der Waals surface area contributed by atoms with Gasteiger partial charge in [-0.2, -0.15) is 0 Å². The molecule has 0 N–H and O–H groups in total. The zero-order valence-corrected chi connectivity index (χ0v) is 10.5. The Morgan fingerprint density at radius 3 is 2.56 bits per heavy atom. The molecule has 1 aromatic heterocycles. The predicted octanol–water partition coefficient (Wildman–Crippen LogP) is 2.04. The van der Waals surface area contributed by atoms with Crippen molar-refractivity contribution in [2.75, 3.05) is 6.61 Å². The van der Waals surface area contributed by atoms with Crippen molar-refractivity contribution in [1.29, 1.82) is 0 Å². The Bertz CT molecular complexity index is 532. The van der Waals surface area contributed by atoms with E-state index in [1.807, 2.05) is 38.1 Å². The van der Waals surface area contributed by atoms with Crippen LogP contribution in [0.5, 0.6) is 5.75 Å². The molecular weight excluding hydrogens is 230 g/mol. The largest absolute Gasteiger partial charge is 0.494 e. The molecule has 2 aromatic rings. The van der Waals surface area contributed by atoms with Gasteiger partial charge in [0.05, 0.1) is 18.0 Å². The van der Waals surface area contributed by atoms with Crippen LogP contribution in [-0.4, -0.2) is 27.9 Å². The summed E-state index contributed by atoms with van der Waals surface area (Å²) in [5.74, 6) is 0.815. The number of nitrogens with zero attached hydrogens (tertiary/aromatic N) is 3. The number of carbonyl (C=O) groups is 1. The van der Waals surface area contributed by atoms with Gasteiger partial charge in [0.1, 0.15) is 11.4 Å². The quantitative estimate of drug-likeness (QED) is 0.756. The van der Waals surface area contributed by atoms with E-state index in [2.05, 4.69) is 10.3 Å². The molecule has 1 heterocycles. The third-order valence-electron chi connectivity index (χ3n) is 2.63. The molecule has 0 aliphatic rings. The van der Waals surface area contributed by atoms with Gasteiger partial charge < -0.3 is 4.74 Å². The first-order valence-corrected chi connectivity index (χ1v) is 5.93. The van der Waals surface area contributed by atoms with Crippen molar-refractivity contribution >= 4 is 6.29 Å². The predicted molar refractivity (Wildman–Crippen MR) is 67.3 cm³/mol. The van der Waals surface area contributed by atoms with E-state index in [0.717, 1.165) is 23.4 Å². The van der Waals surface area contributed by atoms with E-state index < -0.39 is 0 Å². The van der Waals surface area contributed by atoms with Crippen molar-refractivity contribution in [2.45, 2.75) is 20.3 Å². The van der Waals surface area contributed by atoms with Crippen LogP contribution in [0.3, 0.4) is 0 Å². The second kappa shape index (κ2) is 5.44. The highest BCUT2D eigenvalue weighted by Gasteiger charge is 2.11. The first kappa shape index (κ1) is 12.3. The lowest BCUT2D eigenvalue weighted by Gasteiger charge is -2.06. The monoisotopic (exact) mass is 245 g/mol. The molecule has 18 heavy (non-hydrogen) atoms. The molecule has 0 bridgehead atoms. The van der Waals surface area contributed by atoms with Crippen molar-refractivity contribution in [1.82, 2.24) is 15.0 Å². The Morgan fingerprint density at radius 1 is 1.28 bits per heavy atom. The van der Waals surface area contributed by atoms with Gasteiger partial charge in [-0.3, -0.25) is 4.79 Å². The summed E-state index contributed by atoms with van der Waals surface area (Å²) < 4.78 is 7.06. The summed E-state index contributed by atoms with van der Waals surface area (Å²) in [4.78, 5) is 10.8. The van der Waals surface area contributed by atoms with Crippen LogP contribution in [0.4, 0.5) is 0 Å². The van der Waals surface area contributed by atoms with Crippen LogP contribution < -0.4 is 4.74 Å². The number of ether oxygens (including phenoxy) is 1. The average molecular weight is 245 g/mol. The first-order valence-electron chi connectivity index (χ1n) is 5.93. The molecule has 1 aromatic carbocycles. The molecule has 0 unspecified atom stereocenters. The number of benzene rings is 1. The minimum absolute atomic E-state index is 0.395. The summed E-state index contributed by atoms with van der Waals surface area (Å²) in [6.45, 7) is 4.55. The highest BCUT2D eigenvalue weighted by atomic mass is 16.5. The molecule has 0 spiro atoms. The van der Waals surface area contributed by atoms with Crippen molar-refractivity contribution in [3.8, 4) is 11.4 Å². The lowest BCUT2D eigenvalue weighted by atomic mass is 10.2. The first-order chi connectivity index (χ1) is 8.80. The highest BCUT2D eigenvalue weighted by Crippen LogP contribution is 2.17. The van der Waals surface area contributed by atoms with Crippen LogP contribution in [-0.2, 0) is 6.42 Å². The number of aromatic nitrogens is 3. The Balaban J connectivity index is 2.36. The van der Waals surface area contributed by atoms with E-state index >= 15 is 0 Å². The zero-order chi connectivity index (χ0) is 13.0. The van der Waals surface area contributed by atoms with Gasteiger partial charge in [-0.25, -0.2) is 4.68 Å². The maximum absolute atomic E-state index is 10.8. The molecular formula is C13H15N3O2. The molecule has 0 amide bonds. The van der Waals surface area contributed by atoms with Crippen LogP contribution in [0.25, 0.3) is 5.69 Å². The van der Waals surface area contributed by atoms with E-state index in [1.165, 1.54) is 0 Å². The summed E-state index contributed by atoms with van der Waals surface area (Å²) in [5.41, 5.74) is 2.08. The van der Waals surface area contributed by atoms with Gasteiger partial charge in [0, 0.05) is 0 Å². The summed E-state index contributed by atoms with van der Waals surface area (Å²) >= 11 is 0. The second-order valence-corrected chi connectivity index (χ2v) is 3.73. The molecule has 0 fully saturated rings. The molecule has 5 heteroatoms. The van der Waals surface area contributed by atoms with Crippen molar-refractivity contribution in [2.24, 2.45) is 0 Å². The Morgan fingerprint density at radius 2 is 2.00 bits per heavy atom. The van der Waals surface area contributed by atoms with Crippen LogP contribution in [0.2, 0.25) is 0 Å². The van der Waals surface area contributed by atoms with Gasteiger partial charge in [-0.15, -0.1) is 5.10 Å². The molecule has 2 rings (SSSR count). The fourth-order valence-corrected chi connectivity index (χ4v) is 1.79. The van der Waals surface area contributed by atoms with E-state index in [9.17, 15) is 4.79 Å². The SMILES string of the molecule is CCOc1ccc(-n2nnc(C=O)c2CC)cc1. The number of hydrogen-bond acceptors (Lipinski definition) is 4. The maximum Gasteiger partial charge on any atom is 0.172 e. The standard InChI is InChI=1S/C13H15N3O2/c1-3-13-12(9-17)14-15-16(13)10-5-7-11(8-6-10)18-4-2/h5-9H,3-4H2,1-2H3. The fraction of sp³-hybridized carbons (Fsp3) is 0.308. The van der Waals surface area contributed by atoms with Crippen LogP contribution >= 0.6 is 0 Å². The number of aldehydes is 1. The second-order valence-electron chi connectivity index (χ2n) is 3.73. The number of carbonyl (C=O) groups excluding carboxylic acids is 1. The molecule has 0 saturated heterocycles. The molecule has 0 radical (unpaired) electrons. The molecule has 5 nitrogen and oxygen atoms in total. The van der Waals surface area contributed by atoms with E-state index in [4.69, 9.17) is 4.74 Å². The smallest absolute Gasteiger partial charge is 0.172 e. The average Bonchev–Trinajstić information content (AvgIpc) is 2.82. The lowest BCUT2D eigenvalue weighted by Crippen LogP contribution is -2.02. The van der Waals surface area contributed by atoms with Gasteiger partial charge in [-0.1, -0.05) is 12.1 Å². The van der Waals surface area contributed by atoms with E-state index in [0.29, 0.717) is 18.7 Å². The van der Waals surface area contributed by atoms with Crippen molar-refractivity contribution < 1.29 is 9.53 Å². The summed E-state index contributed by atoms with van der Waals surface area (Å²) in [6, 6.07) is 7.54. The Kier molecular flexibility index (Phi) is 3.72. The van der Waals surface area contributed by atoms with Crippen molar-refractivity contribution in [3.05, 3.63) is 35.7 Å². The third kappa shape index (κ3) is 2.25. The van der Waals surface area contributed by atoms with Crippen LogP contribution in [0, 0.1) is 0 Å². The number of rotatable bonds is 5. The maximum atomic E-state index is 10.8. The normalized spacial score (nSPS) is 10.3. The molecule has 94 valence electrons. The zero-order valence-electron chi connectivity index (χ0n) is 10.5. The van der Waals surface area contributed by atoms with Crippen molar-refractivity contribution in [3.63, 3.8) is 0 Å². The number of hydrogen-bond donors (Lipinski definition) is 0. The van der Waals surface area contributed by atoms with Gasteiger partial charge in [0.15, 0.2) is 6.29 Å². The lowest BCUT2D eigenvalue weighted by molar-refractivity contribution is 0.111. The topological polar surface area (TPSA) is 57.0 Å². The molecule has 0 saturated carbocycles. The van der Waals surface area contributed by atoms with Gasteiger partial charge in [0.2, 0.25) is 0 Å². The van der Waals surface area contributed by atoms with E-state index in [1.54, 1.807) is 4.68 Å². The minimum atomic E-state index is 0.395. The van der Waals surface area contributed by atoms with Gasteiger partial charge in [-0.05, 0) is 37.6 Å². The van der Waals surface area contributed by atoms with Gasteiger partial charge >= 0.3 is 0 Å². The van der Waals surface area contributed by atoms with Crippen LogP contribution in [0.1, 0.15) is 30.0 Å². The third-order valence-corrected chi connectivity index (χ3v) is 2.63. The Hall–Kier alpha value is -2.17. The van der Waals surface area contributed by atoms with Crippen LogP contribution in [0.15, 0.2) is 24.3 Å². The van der Waals surface area contributed by atoms with E-state index in [-0.39, 0.29) is 0 Å². The van der Waals surface area contributed by atoms with Gasteiger partial charge in [0.25, 0.3) is 0 Å².